The van der Waals surface area contributed by atoms with E-state index in [9.17, 15) is 9.59 Å². The predicted octanol–water partition coefficient (Wildman–Crippen LogP) is 2.61. The van der Waals surface area contributed by atoms with Crippen molar-refractivity contribution in [2.45, 2.75) is 38.3 Å². The lowest BCUT2D eigenvalue weighted by molar-refractivity contribution is -0.123. The third-order valence-electron chi connectivity index (χ3n) is 4.77. The Bertz CT molecular complexity index is 757. The molecule has 1 aliphatic rings. The SMILES string of the molecule is N[C@@H](Cc1ccccc1)C(=O)NCc1cccc(NC(=O)C2CCC2)c1. The Morgan fingerprint density at radius 2 is 1.77 bits per heavy atom. The highest BCUT2D eigenvalue weighted by Crippen LogP contribution is 2.27. The van der Waals surface area contributed by atoms with Crippen LogP contribution in [-0.2, 0) is 22.6 Å². The summed E-state index contributed by atoms with van der Waals surface area (Å²) in [5, 5.41) is 5.82. The highest BCUT2D eigenvalue weighted by Gasteiger charge is 2.25. The average molecular weight is 351 g/mol. The molecule has 2 aromatic carbocycles. The monoisotopic (exact) mass is 351 g/mol. The van der Waals surface area contributed by atoms with Crippen molar-refractivity contribution in [1.82, 2.24) is 5.32 Å². The van der Waals surface area contributed by atoms with Crippen molar-refractivity contribution < 1.29 is 9.59 Å². The van der Waals surface area contributed by atoms with Gasteiger partial charge in [0, 0.05) is 18.2 Å². The number of anilines is 1. The van der Waals surface area contributed by atoms with Crippen molar-refractivity contribution in [1.29, 1.82) is 0 Å². The maximum atomic E-state index is 12.2. The molecule has 0 saturated heterocycles. The molecule has 26 heavy (non-hydrogen) atoms. The van der Waals surface area contributed by atoms with Crippen LogP contribution in [0.25, 0.3) is 0 Å². The summed E-state index contributed by atoms with van der Waals surface area (Å²) in [5.74, 6) is 0.0504. The minimum atomic E-state index is -0.584. The van der Waals surface area contributed by atoms with Crippen molar-refractivity contribution in [2.75, 3.05) is 5.32 Å². The van der Waals surface area contributed by atoms with E-state index in [0.717, 1.165) is 36.1 Å². The molecule has 5 heteroatoms. The topological polar surface area (TPSA) is 84.2 Å². The van der Waals surface area contributed by atoms with E-state index in [1.165, 1.54) is 0 Å². The van der Waals surface area contributed by atoms with Gasteiger partial charge >= 0.3 is 0 Å². The second-order valence-electron chi connectivity index (χ2n) is 6.83. The van der Waals surface area contributed by atoms with Crippen LogP contribution in [0.3, 0.4) is 0 Å². The second-order valence-corrected chi connectivity index (χ2v) is 6.83. The maximum absolute atomic E-state index is 12.2. The van der Waals surface area contributed by atoms with E-state index in [1.54, 1.807) is 0 Å². The molecular weight excluding hydrogens is 326 g/mol. The lowest BCUT2D eigenvalue weighted by Gasteiger charge is -2.24. The van der Waals surface area contributed by atoms with Crippen LogP contribution in [-0.4, -0.2) is 17.9 Å². The van der Waals surface area contributed by atoms with Crippen LogP contribution in [0.5, 0.6) is 0 Å². The fourth-order valence-electron chi connectivity index (χ4n) is 2.95. The van der Waals surface area contributed by atoms with E-state index in [4.69, 9.17) is 5.73 Å². The molecule has 0 radical (unpaired) electrons. The van der Waals surface area contributed by atoms with Crippen LogP contribution in [0, 0.1) is 5.92 Å². The first-order valence-corrected chi connectivity index (χ1v) is 9.09. The van der Waals surface area contributed by atoms with Crippen molar-refractivity contribution in [3.63, 3.8) is 0 Å². The minimum Gasteiger partial charge on any atom is -0.351 e. The van der Waals surface area contributed by atoms with Crippen molar-refractivity contribution in [3.8, 4) is 0 Å². The molecule has 1 saturated carbocycles. The molecule has 0 bridgehead atoms. The van der Waals surface area contributed by atoms with Gasteiger partial charge in [-0.3, -0.25) is 9.59 Å². The normalized spacial score (nSPS) is 15.0. The van der Waals surface area contributed by atoms with Crippen LogP contribution < -0.4 is 16.4 Å². The number of amides is 2. The number of carbonyl (C=O) groups excluding carboxylic acids is 2. The van der Waals surface area contributed by atoms with Gasteiger partial charge in [-0.2, -0.15) is 0 Å². The molecule has 0 aliphatic heterocycles. The van der Waals surface area contributed by atoms with Gasteiger partial charge in [-0.05, 0) is 42.5 Å². The molecule has 0 heterocycles. The number of carbonyl (C=O) groups is 2. The smallest absolute Gasteiger partial charge is 0.237 e. The lowest BCUT2D eigenvalue weighted by atomic mass is 9.85. The van der Waals surface area contributed by atoms with E-state index in [-0.39, 0.29) is 17.7 Å². The Labute approximate surface area is 154 Å². The predicted molar refractivity (Wildman–Crippen MR) is 102 cm³/mol. The van der Waals surface area contributed by atoms with Crippen LogP contribution in [0.4, 0.5) is 5.69 Å². The summed E-state index contributed by atoms with van der Waals surface area (Å²) >= 11 is 0. The first-order chi connectivity index (χ1) is 12.6. The van der Waals surface area contributed by atoms with Crippen LogP contribution in [0.1, 0.15) is 30.4 Å². The molecule has 1 atom stereocenters. The molecule has 0 unspecified atom stereocenters. The van der Waals surface area contributed by atoms with Gasteiger partial charge in [-0.15, -0.1) is 0 Å². The third-order valence-corrected chi connectivity index (χ3v) is 4.77. The zero-order valence-electron chi connectivity index (χ0n) is 14.8. The second kappa shape index (κ2) is 8.63. The number of hydrogen-bond acceptors (Lipinski definition) is 3. The van der Waals surface area contributed by atoms with Gasteiger partial charge in [-0.1, -0.05) is 48.9 Å². The van der Waals surface area contributed by atoms with Gasteiger partial charge in [-0.25, -0.2) is 0 Å². The zero-order valence-corrected chi connectivity index (χ0v) is 14.8. The zero-order chi connectivity index (χ0) is 18.4. The van der Waals surface area contributed by atoms with Crippen molar-refractivity contribution in [3.05, 3.63) is 65.7 Å². The highest BCUT2D eigenvalue weighted by atomic mass is 16.2. The lowest BCUT2D eigenvalue weighted by Crippen LogP contribution is -2.41. The number of benzene rings is 2. The largest absolute Gasteiger partial charge is 0.351 e. The molecule has 0 spiro atoms. The van der Waals surface area contributed by atoms with E-state index in [2.05, 4.69) is 10.6 Å². The molecule has 4 N–H and O–H groups in total. The van der Waals surface area contributed by atoms with Crippen molar-refractivity contribution in [2.24, 2.45) is 11.7 Å². The van der Waals surface area contributed by atoms with Gasteiger partial charge in [0.2, 0.25) is 11.8 Å². The standard InChI is InChI=1S/C21H25N3O2/c22-19(13-15-6-2-1-3-7-15)21(26)23-14-16-8-4-11-18(12-16)24-20(25)17-9-5-10-17/h1-4,6-8,11-12,17,19H,5,9-10,13-14,22H2,(H,23,26)(H,24,25)/t19-/m0/s1. The molecule has 3 rings (SSSR count). The number of rotatable bonds is 7. The summed E-state index contributed by atoms with van der Waals surface area (Å²) in [6.07, 6.45) is 3.58. The molecular formula is C21H25N3O2. The Hall–Kier alpha value is -2.66. The fraction of sp³-hybridized carbons (Fsp3) is 0.333. The quantitative estimate of drug-likeness (QED) is 0.717. The fourth-order valence-corrected chi connectivity index (χ4v) is 2.95. The molecule has 2 amide bonds. The number of nitrogens with one attached hydrogen (secondary N) is 2. The van der Waals surface area contributed by atoms with Crippen LogP contribution in [0.2, 0.25) is 0 Å². The summed E-state index contributed by atoms with van der Waals surface area (Å²) in [7, 11) is 0. The minimum absolute atomic E-state index is 0.0855. The van der Waals surface area contributed by atoms with Gasteiger partial charge in [0.05, 0.1) is 6.04 Å². The van der Waals surface area contributed by atoms with Gasteiger partial charge in [0.1, 0.15) is 0 Å². The molecule has 1 aliphatic carbocycles. The van der Waals surface area contributed by atoms with E-state index in [1.807, 2.05) is 54.6 Å². The summed E-state index contributed by atoms with van der Waals surface area (Å²) in [4.78, 5) is 24.3. The van der Waals surface area contributed by atoms with Gasteiger partial charge in [0.15, 0.2) is 0 Å². The Balaban J connectivity index is 1.49. The Morgan fingerprint density at radius 1 is 1.04 bits per heavy atom. The van der Waals surface area contributed by atoms with Crippen LogP contribution in [0.15, 0.2) is 54.6 Å². The number of nitrogens with two attached hydrogens (primary N) is 1. The summed E-state index contributed by atoms with van der Waals surface area (Å²) in [5.41, 5.74) is 8.73. The molecule has 1 fully saturated rings. The first kappa shape index (κ1) is 18.1. The molecule has 136 valence electrons. The Kier molecular flexibility index (Phi) is 6.02. The third kappa shape index (κ3) is 4.92. The summed E-state index contributed by atoms with van der Waals surface area (Å²) in [6.45, 7) is 0.383. The Morgan fingerprint density at radius 3 is 2.46 bits per heavy atom. The van der Waals surface area contributed by atoms with Crippen molar-refractivity contribution >= 4 is 17.5 Å². The van der Waals surface area contributed by atoms with E-state index < -0.39 is 6.04 Å². The van der Waals surface area contributed by atoms with E-state index >= 15 is 0 Å². The molecule has 5 nitrogen and oxygen atoms in total. The molecule has 0 aromatic heterocycles. The average Bonchev–Trinajstić information content (AvgIpc) is 2.59. The summed E-state index contributed by atoms with van der Waals surface area (Å²) < 4.78 is 0. The maximum Gasteiger partial charge on any atom is 0.237 e. The van der Waals surface area contributed by atoms with Gasteiger partial charge in [0.25, 0.3) is 0 Å². The number of hydrogen-bond donors (Lipinski definition) is 3. The molecule has 2 aromatic rings. The van der Waals surface area contributed by atoms with Gasteiger partial charge < -0.3 is 16.4 Å². The van der Waals surface area contributed by atoms with E-state index in [0.29, 0.717) is 13.0 Å². The highest BCUT2D eigenvalue weighted by molar-refractivity contribution is 5.93. The van der Waals surface area contributed by atoms with Crippen LogP contribution >= 0.6 is 0 Å². The first-order valence-electron chi connectivity index (χ1n) is 9.09. The summed E-state index contributed by atoms with van der Waals surface area (Å²) in [6, 6.07) is 16.7.